The van der Waals surface area contributed by atoms with Gasteiger partial charge >= 0.3 is 5.69 Å². The number of nitrogen functional groups attached to an aromatic ring is 1. The third-order valence-corrected chi connectivity index (χ3v) is 6.65. The molecule has 0 amide bonds. The standard InChI is InChI=1S/C22H26N6O3S/c1-2-27-20(30)17(18(23)28(22(27)31)12-14-8-4-3-5-9-14)16(29)13-32-21-24-19(25-26-21)15-10-6-7-11-15/h3-5,8-9,15H,2,6-7,10-13,23H2,1H3,(H,24,25,26). The van der Waals surface area contributed by atoms with E-state index in [-0.39, 0.29) is 30.2 Å². The number of nitrogens with zero attached hydrogens (tertiary/aromatic N) is 4. The SMILES string of the molecule is CCn1c(=O)c(C(=O)CSc2n[nH]c(C3CCCC3)n2)c(N)n(Cc2ccccc2)c1=O. The number of ketones is 1. The Morgan fingerprint density at radius 3 is 2.59 bits per heavy atom. The van der Waals surface area contributed by atoms with Crippen molar-refractivity contribution in [3.63, 3.8) is 0 Å². The minimum absolute atomic E-state index is 0.0470. The van der Waals surface area contributed by atoms with Gasteiger partial charge in [-0.2, -0.15) is 0 Å². The second-order valence-electron chi connectivity index (χ2n) is 7.86. The highest BCUT2D eigenvalue weighted by molar-refractivity contribution is 7.99. The zero-order chi connectivity index (χ0) is 22.7. The Bertz CT molecular complexity index is 1220. The van der Waals surface area contributed by atoms with Gasteiger partial charge in [0.1, 0.15) is 17.2 Å². The summed E-state index contributed by atoms with van der Waals surface area (Å²) in [5.74, 6) is 0.631. The molecule has 1 aliphatic carbocycles. The van der Waals surface area contributed by atoms with Crippen LogP contribution in [-0.2, 0) is 13.1 Å². The number of carbonyl (C=O) groups is 1. The number of anilines is 1. The molecule has 0 aliphatic heterocycles. The predicted molar refractivity (Wildman–Crippen MR) is 123 cm³/mol. The molecule has 4 rings (SSSR count). The summed E-state index contributed by atoms with van der Waals surface area (Å²) < 4.78 is 2.32. The van der Waals surface area contributed by atoms with Crippen molar-refractivity contribution in [3.05, 3.63) is 68.1 Å². The maximum Gasteiger partial charge on any atom is 0.332 e. The van der Waals surface area contributed by atoms with E-state index in [1.165, 1.54) is 17.4 Å². The molecule has 1 fully saturated rings. The average molecular weight is 455 g/mol. The summed E-state index contributed by atoms with van der Waals surface area (Å²) in [6.07, 6.45) is 4.56. The van der Waals surface area contributed by atoms with Gasteiger partial charge in [-0.1, -0.05) is 54.9 Å². The molecule has 32 heavy (non-hydrogen) atoms. The molecular weight excluding hydrogens is 428 g/mol. The van der Waals surface area contributed by atoms with Gasteiger partial charge < -0.3 is 5.73 Å². The highest BCUT2D eigenvalue weighted by Crippen LogP contribution is 2.32. The Kier molecular flexibility index (Phi) is 6.59. The number of H-pyrrole nitrogens is 1. The van der Waals surface area contributed by atoms with Crippen LogP contribution in [0.15, 0.2) is 45.1 Å². The molecule has 3 aromatic rings. The lowest BCUT2D eigenvalue weighted by Crippen LogP contribution is -2.44. The van der Waals surface area contributed by atoms with Gasteiger partial charge in [-0.3, -0.25) is 23.8 Å². The Balaban J connectivity index is 1.59. The number of aromatic amines is 1. The van der Waals surface area contributed by atoms with E-state index in [1.54, 1.807) is 6.92 Å². The monoisotopic (exact) mass is 454 g/mol. The molecule has 168 valence electrons. The van der Waals surface area contributed by atoms with E-state index in [1.807, 2.05) is 30.3 Å². The normalized spacial score (nSPS) is 14.2. The van der Waals surface area contributed by atoms with Crippen molar-refractivity contribution in [2.24, 2.45) is 0 Å². The van der Waals surface area contributed by atoms with Crippen LogP contribution in [0.4, 0.5) is 5.82 Å². The molecule has 2 aromatic heterocycles. The third kappa shape index (κ3) is 4.40. The van der Waals surface area contributed by atoms with Crippen molar-refractivity contribution >= 4 is 23.4 Å². The molecule has 3 N–H and O–H groups in total. The highest BCUT2D eigenvalue weighted by Gasteiger charge is 2.24. The number of thioether (sulfide) groups is 1. The van der Waals surface area contributed by atoms with Crippen LogP contribution >= 0.6 is 11.8 Å². The molecule has 0 atom stereocenters. The van der Waals surface area contributed by atoms with E-state index in [2.05, 4.69) is 15.2 Å². The lowest BCUT2D eigenvalue weighted by atomic mass is 10.1. The summed E-state index contributed by atoms with van der Waals surface area (Å²) in [6, 6.07) is 9.29. The predicted octanol–water partition coefficient (Wildman–Crippen LogP) is 2.41. The first-order chi connectivity index (χ1) is 15.5. The van der Waals surface area contributed by atoms with E-state index in [0.29, 0.717) is 11.1 Å². The van der Waals surface area contributed by atoms with Crippen molar-refractivity contribution in [1.29, 1.82) is 0 Å². The number of rotatable bonds is 8. The third-order valence-electron chi connectivity index (χ3n) is 5.80. The van der Waals surface area contributed by atoms with Gasteiger partial charge in [0.15, 0.2) is 5.78 Å². The maximum atomic E-state index is 13.0. The lowest BCUT2D eigenvalue weighted by molar-refractivity contribution is 0.102. The molecule has 2 heterocycles. The number of Topliss-reactive ketones (excluding diaryl/α,β-unsaturated/α-hetero) is 1. The van der Waals surface area contributed by atoms with Crippen LogP contribution in [0.5, 0.6) is 0 Å². The van der Waals surface area contributed by atoms with Crippen molar-refractivity contribution in [2.75, 3.05) is 11.5 Å². The van der Waals surface area contributed by atoms with Crippen LogP contribution in [0.2, 0.25) is 0 Å². The molecule has 10 heteroatoms. The minimum atomic E-state index is -0.661. The van der Waals surface area contributed by atoms with Crippen molar-refractivity contribution < 1.29 is 4.79 Å². The van der Waals surface area contributed by atoms with Crippen LogP contribution in [0.3, 0.4) is 0 Å². The van der Waals surface area contributed by atoms with Crippen LogP contribution in [0.25, 0.3) is 0 Å². The summed E-state index contributed by atoms with van der Waals surface area (Å²) in [7, 11) is 0. The Morgan fingerprint density at radius 2 is 1.91 bits per heavy atom. The summed E-state index contributed by atoms with van der Waals surface area (Å²) in [4.78, 5) is 43.2. The molecule has 9 nitrogen and oxygen atoms in total. The van der Waals surface area contributed by atoms with Crippen LogP contribution < -0.4 is 17.0 Å². The lowest BCUT2D eigenvalue weighted by Gasteiger charge is -2.15. The molecule has 0 unspecified atom stereocenters. The van der Waals surface area contributed by atoms with Gasteiger partial charge in [0.25, 0.3) is 5.56 Å². The van der Waals surface area contributed by atoms with Gasteiger partial charge in [-0.15, -0.1) is 5.10 Å². The van der Waals surface area contributed by atoms with Gasteiger partial charge in [0.2, 0.25) is 5.16 Å². The number of hydrogen-bond acceptors (Lipinski definition) is 7. The molecule has 1 aliphatic rings. The van der Waals surface area contributed by atoms with E-state index >= 15 is 0 Å². The molecule has 0 bridgehead atoms. The fraction of sp³-hybridized carbons (Fsp3) is 0.409. The van der Waals surface area contributed by atoms with Gasteiger partial charge in [0, 0.05) is 12.5 Å². The molecule has 0 saturated heterocycles. The molecule has 0 spiro atoms. The zero-order valence-corrected chi connectivity index (χ0v) is 18.7. The first-order valence-corrected chi connectivity index (χ1v) is 11.7. The quantitative estimate of drug-likeness (QED) is 0.395. The molecular formula is C22H26N6O3S. The molecule has 1 saturated carbocycles. The number of carbonyl (C=O) groups excluding carboxylic acids is 1. The van der Waals surface area contributed by atoms with Crippen LogP contribution in [0, 0.1) is 0 Å². The van der Waals surface area contributed by atoms with E-state index < -0.39 is 17.0 Å². The first kappa shape index (κ1) is 22.1. The Morgan fingerprint density at radius 1 is 1.19 bits per heavy atom. The van der Waals surface area contributed by atoms with Crippen LogP contribution in [0.1, 0.15) is 60.3 Å². The number of nitrogens with one attached hydrogen (secondary N) is 1. The Labute approximate surface area is 189 Å². The molecule has 1 aromatic carbocycles. The van der Waals surface area contributed by atoms with E-state index in [0.717, 1.165) is 40.6 Å². The summed E-state index contributed by atoms with van der Waals surface area (Å²) >= 11 is 1.15. The highest BCUT2D eigenvalue weighted by atomic mass is 32.2. The first-order valence-electron chi connectivity index (χ1n) is 10.7. The fourth-order valence-corrected chi connectivity index (χ4v) is 4.76. The second kappa shape index (κ2) is 9.56. The van der Waals surface area contributed by atoms with Gasteiger partial charge in [0.05, 0.1) is 12.3 Å². The smallest absolute Gasteiger partial charge is 0.332 e. The maximum absolute atomic E-state index is 13.0. The van der Waals surface area contributed by atoms with E-state index in [4.69, 9.17) is 5.73 Å². The second-order valence-corrected chi connectivity index (χ2v) is 8.80. The Hall–Kier alpha value is -3.14. The van der Waals surface area contributed by atoms with Gasteiger partial charge in [-0.05, 0) is 25.3 Å². The fourth-order valence-electron chi connectivity index (χ4n) is 4.08. The summed E-state index contributed by atoms with van der Waals surface area (Å²) in [6.45, 7) is 2.00. The van der Waals surface area contributed by atoms with E-state index in [9.17, 15) is 14.4 Å². The average Bonchev–Trinajstić information content (AvgIpc) is 3.48. The number of aromatic nitrogens is 5. The number of benzene rings is 1. The molecule has 0 radical (unpaired) electrons. The topological polar surface area (TPSA) is 129 Å². The van der Waals surface area contributed by atoms with Gasteiger partial charge in [-0.25, -0.2) is 9.78 Å². The summed E-state index contributed by atoms with van der Waals surface area (Å²) in [5.41, 5.74) is 5.68. The number of hydrogen-bond donors (Lipinski definition) is 2. The largest absolute Gasteiger partial charge is 0.384 e. The van der Waals surface area contributed by atoms with Crippen molar-refractivity contribution in [1.82, 2.24) is 24.3 Å². The number of nitrogens with two attached hydrogens (primary N) is 1. The minimum Gasteiger partial charge on any atom is -0.384 e. The summed E-state index contributed by atoms with van der Waals surface area (Å²) in [5, 5.41) is 7.63. The van der Waals surface area contributed by atoms with Crippen molar-refractivity contribution in [3.8, 4) is 0 Å². The van der Waals surface area contributed by atoms with Crippen molar-refractivity contribution in [2.45, 2.75) is 56.8 Å². The van der Waals surface area contributed by atoms with Crippen LogP contribution in [-0.4, -0.2) is 35.9 Å². The zero-order valence-electron chi connectivity index (χ0n) is 17.9.